The largest absolute Gasteiger partial charge is 0.327 e. The van der Waals surface area contributed by atoms with Gasteiger partial charge >= 0.3 is 0 Å². The Morgan fingerprint density at radius 1 is 1.56 bits per heavy atom. The van der Waals surface area contributed by atoms with E-state index in [1.54, 1.807) is 12.0 Å². The molecule has 1 rings (SSSR count). The highest BCUT2D eigenvalue weighted by Gasteiger charge is 2.21. The fourth-order valence-corrected chi connectivity index (χ4v) is 1.31. The zero-order valence-electron chi connectivity index (χ0n) is 5.34. The molecule has 2 unspecified atom stereocenters. The van der Waals surface area contributed by atoms with Gasteiger partial charge in [-0.15, -0.1) is 0 Å². The Hall–Kier alpha value is -0.590. The standard InChI is InChI=1S/C7H11NO/c8-7-3-1-2-6(7)4-5-9/h4,6-7H,1-3,8H2. The third kappa shape index (κ3) is 1.41. The Labute approximate surface area is 54.7 Å². The summed E-state index contributed by atoms with van der Waals surface area (Å²) in [6.07, 6.45) is 4.83. The minimum atomic E-state index is 0.214. The lowest BCUT2D eigenvalue weighted by Gasteiger charge is -2.06. The van der Waals surface area contributed by atoms with E-state index in [2.05, 4.69) is 0 Å². The van der Waals surface area contributed by atoms with Gasteiger partial charge in [-0.2, -0.15) is 0 Å². The second kappa shape index (κ2) is 2.81. The van der Waals surface area contributed by atoms with Gasteiger partial charge in [0.2, 0.25) is 0 Å². The number of nitrogens with two attached hydrogens (primary N) is 1. The third-order valence-electron chi connectivity index (χ3n) is 1.91. The van der Waals surface area contributed by atoms with E-state index in [1.165, 1.54) is 0 Å². The molecule has 2 nitrogen and oxygen atoms in total. The first-order valence-corrected chi connectivity index (χ1v) is 3.31. The van der Waals surface area contributed by atoms with Crippen molar-refractivity contribution in [3.8, 4) is 0 Å². The van der Waals surface area contributed by atoms with Crippen LogP contribution in [-0.4, -0.2) is 12.0 Å². The van der Waals surface area contributed by atoms with Crippen LogP contribution in [0.25, 0.3) is 0 Å². The van der Waals surface area contributed by atoms with Gasteiger partial charge in [0.05, 0.1) is 0 Å². The average Bonchev–Trinajstić information content (AvgIpc) is 2.18. The summed E-state index contributed by atoms with van der Waals surface area (Å²) in [5, 5.41) is 0. The molecule has 0 saturated heterocycles. The second-order valence-electron chi connectivity index (χ2n) is 2.54. The molecule has 2 N–H and O–H groups in total. The number of hydrogen-bond donors (Lipinski definition) is 1. The highest BCUT2D eigenvalue weighted by Crippen LogP contribution is 2.23. The predicted octanol–water partition coefficient (Wildman–Crippen LogP) is 0.502. The Bertz CT molecular complexity index is 138. The van der Waals surface area contributed by atoms with Crippen LogP contribution >= 0.6 is 0 Å². The van der Waals surface area contributed by atoms with Gasteiger partial charge < -0.3 is 5.73 Å². The topological polar surface area (TPSA) is 43.1 Å². The molecule has 9 heavy (non-hydrogen) atoms. The summed E-state index contributed by atoms with van der Waals surface area (Å²) in [6, 6.07) is 0.214. The lowest BCUT2D eigenvalue weighted by Crippen LogP contribution is -2.22. The van der Waals surface area contributed by atoms with Crippen molar-refractivity contribution >= 4 is 5.94 Å². The van der Waals surface area contributed by atoms with Gasteiger partial charge in [-0.3, -0.25) is 0 Å². The van der Waals surface area contributed by atoms with E-state index < -0.39 is 0 Å². The molecular formula is C7H11NO. The predicted molar refractivity (Wildman–Crippen MR) is 35.6 cm³/mol. The van der Waals surface area contributed by atoms with Gasteiger partial charge in [-0.25, -0.2) is 4.79 Å². The fraction of sp³-hybridized carbons (Fsp3) is 0.714. The molecule has 0 radical (unpaired) electrons. The SMILES string of the molecule is NC1CCCC1C=C=O. The van der Waals surface area contributed by atoms with Crippen LogP contribution in [0, 0.1) is 5.92 Å². The molecule has 2 heteroatoms. The molecule has 1 aliphatic carbocycles. The highest BCUT2D eigenvalue weighted by atomic mass is 16.1. The summed E-state index contributed by atoms with van der Waals surface area (Å²) in [7, 11) is 0. The molecule has 1 saturated carbocycles. The Balaban J connectivity index is 2.49. The Kier molecular flexibility index (Phi) is 2.04. The van der Waals surface area contributed by atoms with E-state index in [-0.39, 0.29) is 6.04 Å². The molecule has 1 aliphatic rings. The molecular weight excluding hydrogens is 114 g/mol. The van der Waals surface area contributed by atoms with Gasteiger partial charge in [0, 0.05) is 18.0 Å². The van der Waals surface area contributed by atoms with Crippen molar-refractivity contribution < 1.29 is 4.79 Å². The maximum atomic E-state index is 9.87. The summed E-state index contributed by atoms with van der Waals surface area (Å²) in [4.78, 5) is 9.87. The van der Waals surface area contributed by atoms with Gasteiger partial charge in [0.1, 0.15) is 5.94 Å². The summed E-state index contributed by atoms with van der Waals surface area (Å²) >= 11 is 0. The van der Waals surface area contributed by atoms with E-state index >= 15 is 0 Å². The summed E-state index contributed by atoms with van der Waals surface area (Å²) in [5.74, 6) is 2.09. The molecule has 0 bridgehead atoms. The van der Waals surface area contributed by atoms with Crippen molar-refractivity contribution in [1.82, 2.24) is 0 Å². The van der Waals surface area contributed by atoms with Crippen molar-refractivity contribution in [1.29, 1.82) is 0 Å². The van der Waals surface area contributed by atoms with E-state index in [0.29, 0.717) is 5.92 Å². The van der Waals surface area contributed by atoms with E-state index in [4.69, 9.17) is 5.73 Å². The van der Waals surface area contributed by atoms with Crippen LogP contribution in [0.15, 0.2) is 6.08 Å². The van der Waals surface area contributed by atoms with Crippen molar-refractivity contribution in [2.75, 3.05) is 0 Å². The normalized spacial score (nSPS) is 33.9. The van der Waals surface area contributed by atoms with Crippen LogP contribution in [0.5, 0.6) is 0 Å². The zero-order chi connectivity index (χ0) is 6.69. The zero-order valence-corrected chi connectivity index (χ0v) is 5.34. The van der Waals surface area contributed by atoms with E-state index in [9.17, 15) is 4.79 Å². The number of hydrogen-bond acceptors (Lipinski definition) is 2. The van der Waals surface area contributed by atoms with E-state index in [1.807, 2.05) is 0 Å². The second-order valence-corrected chi connectivity index (χ2v) is 2.54. The minimum absolute atomic E-state index is 0.214. The van der Waals surface area contributed by atoms with Crippen LogP contribution < -0.4 is 5.73 Å². The van der Waals surface area contributed by atoms with Crippen molar-refractivity contribution in [3.63, 3.8) is 0 Å². The highest BCUT2D eigenvalue weighted by molar-refractivity contribution is 5.46. The molecule has 0 aromatic carbocycles. The lowest BCUT2D eigenvalue weighted by molar-refractivity contribution is 0.553. The third-order valence-corrected chi connectivity index (χ3v) is 1.91. The van der Waals surface area contributed by atoms with Crippen LogP contribution in [0.2, 0.25) is 0 Å². The maximum absolute atomic E-state index is 9.87. The van der Waals surface area contributed by atoms with Crippen LogP contribution in [-0.2, 0) is 4.79 Å². The first-order valence-electron chi connectivity index (χ1n) is 3.31. The molecule has 0 aromatic heterocycles. The monoisotopic (exact) mass is 125 g/mol. The molecule has 0 spiro atoms. The van der Waals surface area contributed by atoms with Gasteiger partial charge in [-0.05, 0) is 12.8 Å². The fourth-order valence-electron chi connectivity index (χ4n) is 1.31. The van der Waals surface area contributed by atoms with Crippen molar-refractivity contribution in [2.24, 2.45) is 11.7 Å². The molecule has 1 fully saturated rings. The van der Waals surface area contributed by atoms with Gasteiger partial charge in [0.15, 0.2) is 0 Å². The first kappa shape index (κ1) is 6.53. The molecule has 50 valence electrons. The summed E-state index contributed by atoms with van der Waals surface area (Å²) in [5.41, 5.74) is 5.65. The minimum Gasteiger partial charge on any atom is -0.327 e. The smallest absolute Gasteiger partial charge is 0.120 e. The average molecular weight is 125 g/mol. The van der Waals surface area contributed by atoms with Crippen molar-refractivity contribution in [2.45, 2.75) is 25.3 Å². The number of rotatable bonds is 1. The van der Waals surface area contributed by atoms with Crippen LogP contribution in [0.1, 0.15) is 19.3 Å². The Morgan fingerprint density at radius 3 is 2.78 bits per heavy atom. The maximum Gasteiger partial charge on any atom is 0.120 e. The van der Waals surface area contributed by atoms with Crippen LogP contribution in [0.3, 0.4) is 0 Å². The van der Waals surface area contributed by atoms with E-state index in [0.717, 1.165) is 19.3 Å². The number of carbonyl (C=O) groups excluding carboxylic acids is 1. The van der Waals surface area contributed by atoms with Gasteiger partial charge in [-0.1, -0.05) is 6.42 Å². The van der Waals surface area contributed by atoms with Crippen LogP contribution in [0.4, 0.5) is 0 Å². The Morgan fingerprint density at radius 2 is 2.33 bits per heavy atom. The quantitative estimate of drug-likeness (QED) is 0.518. The first-order chi connectivity index (χ1) is 4.34. The molecule has 0 aromatic rings. The molecule has 2 atom stereocenters. The molecule has 0 amide bonds. The molecule has 0 aliphatic heterocycles. The summed E-state index contributed by atoms with van der Waals surface area (Å²) in [6.45, 7) is 0. The summed E-state index contributed by atoms with van der Waals surface area (Å²) < 4.78 is 0. The van der Waals surface area contributed by atoms with Crippen molar-refractivity contribution in [3.05, 3.63) is 6.08 Å². The molecule has 0 heterocycles. The van der Waals surface area contributed by atoms with Gasteiger partial charge in [0.25, 0.3) is 0 Å². The lowest BCUT2D eigenvalue weighted by atomic mass is 10.1.